The summed E-state index contributed by atoms with van der Waals surface area (Å²) < 4.78 is 40.8. The molecule has 3 heterocycles. The molecule has 0 radical (unpaired) electrons. The fourth-order valence-electron chi connectivity index (χ4n) is 5.55. The maximum Gasteiger partial charge on any atom is 0.320 e. The minimum Gasteiger partial charge on any atom is -0.475 e. The number of carbonyl (C=O) groups excluding carboxylic acids is 1. The summed E-state index contributed by atoms with van der Waals surface area (Å²) in [5, 5.41) is 14.1. The fraction of sp³-hybridized carbons (Fsp3) is 0.467. The van der Waals surface area contributed by atoms with Crippen LogP contribution in [0.3, 0.4) is 0 Å². The van der Waals surface area contributed by atoms with Gasteiger partial charge in [-0.15, -0.1) is 5.10 Å². The Labute approximate surface area is 245 Å². The number of benzene rings is 2. The first-order valence-electron chi connectivity index (χ1n) is 14.4. The predicted molar refractivity (Wildman–Crippen MR) is 156 cm³/mol. The first kappa shape index (κ1) is 29.9. The molecule has 2 aromatic carbocycles. The first-order valence-corrected chi connectivity index (χ1v) is 14.4. The lowest BCUT2D eigenvalue weighted by Gasteiger charge is -2.26. The lowest BCUT2D eigenvalue weighted by Crippen LogP contribution is -2.44. The van der Waals surface area contributed by atoms with Crippen LogP contribution in [0.4, 0.5) is 19.4 Å². The van der Waals surface area contributed by atoms with Crippen molar-refractivity contribution < 1.29 is 23.0 Å². The van der Waals surface area contributed by atoms with Gasteiger partial charge in [0.1, 0.15) is 12.4 Å². The van der Waals surface area contributed by atoms with Gasteiger partial charge < -0.3 is 20.1 Å². The summed E-state index contributed by atoms with van der Waals surface area (Å²) in [6.07, 6.45) is 0. The van der Waals surface area contributed by atoms with E-state index in [1.807, 2.05) is 37.3 Å². The Morgan fingerprint density at radius 3 is 2.52 bits per heavy atom. The molecular formula is C30H39F2N7O3. The highest BCUT2D eigenvalue weighted by molar-refractivity contribution is 5.90. The van der Waals surface area contributed by atoms with Crippen LogP contribution in [0.1, 0.15) is 17.0 Å². The van der Waals surface area contributed by atoms with Gasteiger partial charge in [-0.1, -0.05) is 24.3 Å². The number of anilines is 1. The van der Waals surface area contributed by atoms with E-state index in [-0.39, 0.29) is 12.0 Å². The molecule has 42 heavy (non-hydrogen) atoms. The molecule has 2 aliphatic rings. The van der Waals surface area contributed by atoms with Gasteiger partial charge in [0.2, 0.25) is 5.88 Å². The Morgan fingerprint density at radius 1 is 1.02 bits per heavy atom. The monoisotopic (exact) mass is 583 g/mol. The normalized spacial score (nSPS) is 19.6. The van der Waals surface area contributed by atoms with Crippen LogP contribution in [-0.4, -0.2) is 104 Å². The Kier molecular flexibility index (Phi) is 10.0. The van der Waals surface area contributed by atoms with Gasteiger partial charge in [0.05, 0.1) is 23.9 Å². The molecule has 2 saturated heterocycles. The summed E-state index contributed by atoms with van der Waals surface area (Å²) in [7, 11) is 1.63. The fourth-order valence-corrected chi connectivity index (χ4v) is 5.55. The number of halogens is 2. The molecule has 12 heteroatoms. The number of para-hydroxylation sites is 1. The average Bonchev–Trinajstić information content (AvgIpc) is 3.54. The number of hydrogen-bond acceptors (Lipinski definition) is 7. The van der Waals surface area contributed by atoms with Crippen molar-refractivity contribution in [3.63, 3.8) is 0 Å². The van der Waals surface area contributed by atoms with Crippen molar-refractivity contribution in [3.8, 4) is 11.6 Å². The van der Waals surface area contributed by atoms with E-state index in [1.165, 1.54) is 6.07 Å². The molecule has 226 valence electrons. The number of hydrogen-bond donors (Lipinski definition) is 3. The van der Waals surface area contributed by atoms with Gasteiger partial charge in [-0.2, -0.15) is 0 Å². The summed E-state index contributed by atoms with van der Waals surface area (Å²) in [5.74, 6) is -1.08. The summed E-state index contributed by atoms with van der Waals surface area (Å²) in [4.78, 5) is 17.9. The zero-order valence-electron chi connectivity index (χ0n) is 24.1. The number of likely N-dealkylation sites (tertiary alicyclic amines) is 1. The zero-order chi connectivity index (χ0) is 29.5. The highest BCUT2D eigenvalue weighted by Gasteiger charge is 2.35. The van der Waals surface area contributed by atoms with E-state index >= 15 is 0 Å². The molecule has 2 atom stereocenters. The number of nitrogens with one attached hydrogen (secondary N) is 3. The van der Waals surface area contributed by atoms with Gasteiger partial charge >= 0.3 is 6.03 Å². The van der Waals surface area contributed by atoms with Gasteiger partial charge in [0.15, 0.2) is 11.6 Å². The maximum absolute atomic E-state index is 14.1. The standard InChI is InChI=1S/C30H39F2N7O3/c1-21-28(39(23-6-4-3-5-7-23)36-29(21)42-17-15-37-12-10-33-11-13-37)35-30(40)34-27-20-38(14-16-41-2)19-24(27)22-8-9-25(31)26(32)18-22/h3-9,18,24,27,33H,10-17,19-20H2,1-2H3,(H2,34,35,40). The van der Waals surface area contributed by atoms with Crippen LogP contribution < -0.4 is 20.7 Å². The quantitative estimate of drug-likeness (QED) is 0.320. The van der Waals surface area contributed by atoms with Gasteiger partial charge in [0, 0.05) is 65.4 Å². The highest BCUT2D eigenvalue weighted by atomic mass is 19.2. The molecule has 0 bridgehead atoms. The van der Waals surface area contributed by atoms with Gasteiger partial charge in [0.25, 0.3) is 0 Å². The molecule has 10 nitrogen and oxygen atoms in total. The molecule has 0 aliphatic carbocycles. The molecule has 1 aromatic heterocycles. The highest BCUT2D eigenvalue weighted by Crippen LogP contribution is 2.31. The summed E-state index contributed by atoms with van der Waals surface area (Å²) >= 11 is 0. The minimum atomic E-state index is -0.905. The number of piperazine rings is 1. The third-order valence-electron chi connectivity index (χ3n) is 7.86. The van der Waals surface area contributed by atoms with Crippen LogP contribution >= 0.6 is 0 Å². The first-order chi connectivity index (χ1) is 20.4. The van der Waals surface area contributed by atoms with Crippen molar-refractivity contribution in [2.75, 3.05) is 78.0 Å². The molecule has 2 fully saturated rings. The largest absolute Gasteiger partial charge is 0.475 e. The Hall–Kier alpha value is -3.58. The topological polar surface area (TPSA) is 95.9 Å². The van der Waals surface area contributed by atoms with Crippen LogP contribution in [0.25, 0.3) is 5.69 Å². The lowest BCUT2D eigenvalue weighted by molar-refractivity contribution is 0.159. The molecule has 3 aromatic rings. The van der Waals surface area contributed by atoms with E-state index in [2.05, 4.69) is 25.8 Å². The van der Waals surface area contributed by atoms with Crippen molar-refractivity contribution in [3.05, 3.63) is 71.3 Å². The molecule has 0 saturated carbocycles. The number of amides is 2. The molecule has 5 rings (SSSR count). The third-order valence-corrected chi connectivity index (χ3v) is 7.86. The van der Waals surface area contributed by atoms with Crippen molar-refractivity contribution in [1.29, 1.82) is 0 Å². The Bertz CT molecular complexity index is 1330. The zero-order valence-corrected chi connectivity index (χ0v) is 24.1. The van der Waals surface area contributed by atoms with E-state index in [0.717, 1.165) is 44.5 Å². The van der Waals surface area contributed by atoms with Crippen molar-refractivity contribution in [2.45, 2.75) is 18.9 Å². The van der Waals surface area contributed by atoms with Crippen molar-refractivity contribution in [2.24, 2.45) is 0 Å². The van der Waals surface area contributed by atoms with Crippen LogP contribution in [0.15, 0.2) is 48.5 Å². The van der Waals surface area contributed by atoms with E-state index < -0.39 is 17.7 Å². The van der Waals surface area contributed by atoms with E-state index in [4.69, 9.17) is 14.6 Å². The van der Waals surface area contributed by atoms with Crippen molar-refractivity contribution >= 4 is 11.8 Å². The second-order valence-electron chi connectivity index (χ2n) is 10.7. The molecule has 0 spiro atoms. The molecule has 2 aliphatic heterocycles. The lowest BCUT2D eigenvalue weighted by atomic mass is 9.94. The van der Waals surface area contributed by atoms with Gasteiger partial charge in [-0.3, -0.25) is 15.1 Å². The van der Waals surface area contributed by atoms with Gasteiger partial charge in [-0.05, 0) is 36.8 Å². The van der Waals surface area contributed by atoms with E-state index in [0.29, 0.717) is 55.7 Å². The van der Waals surface area contributed by atoms with Crippen molar-refractivity contribution in [1.82, 2.24) is 30.2 Å². The summed E-state index contributed by atoms with van der Waals surface area (Å²) in [5.41, 5.74) is 2.11. The van der Waals surface area contributed by atoms with Gasteiger partial charge in [-0.25, -0.2) is 18.3 Å². The maximum atomic E-state index is 14.1. The minimum absolute atomic E-state index is 0.230. The number of rotatable bonds is 11. The Morgan fingerprint density at radius 2 is 1.79 bits per heavy atom. The van der Waals surface area contributed by atoms with Crippen LogP contribution in [0.2, 0.25) is 0 Å². The second kappa shape index (κ2) is 14.1. The Balaban J connectivity index is 1.32. The third kappa shape index (κ3) is 7.24. The number of ether oxygens (including phenoxy) is 2. The molecular weight excluding hydrogens is 544 g/mol. The van der Waals surface area contributed by atoms with E-state index in [9.17, 15) is 13.6 Å². The predicted octanol–water partition coefficient (Wildman–Crippen LogP) is 2.98. The number of carbonyl (C=O) groups is 1. The summed E-state index contributed by atoms with van der Waals surface area (Å²) in [6, 6.07) is 12.7. The number of urea groups is 1. The summed E-state index contributed by atoms with van der Waals surface area (Å²) in [6.45, 7) is 9.31. The van der Waals surface area contributed by atoms with Crippen LogP contribution in [-0.2, 0) is 4.74 Å². The molecule has 2 amide bonds. The van der Waals surface area contributed by atoms with Crippen LogP contribution in [0.5, 0.6) is 5.88 Å². The number of methoxy groups -OCH3 is 1. The average molecular weight is 584 g/mol. The second-order valence-corrected chi connectivity index (χ2v) is 10.7. The molecule has 3 N–H and O–H groups in total. The number of aromatic nitrogens is 2. The SMILES string of the molecule is COCCN1CC(NC(=O)Nc2c(C)c(OCCN3CCNCC3)nn2-c2ccccc2)C(c2ccc(F)c(F)c2)C1. The molecule has 2 unspecified atom stereocenters. The van der Waals surface area contributed by atoms with E-state index in [1.54, 1.807) is 17.9 Å². The number of nitrogens with zero attached hydrogens (tertiary/aromatic N) is 4. The smallest absolute Gasteiger partial charge is 0.320 e. The van der Waals surface area contributed by atoms with Crippen LogP contribution in [0, 0.1) is 18.6 Å².